The van der Waals surface area contributed by atoms with Gasteiger partial charge in [0.05, 0.1) is 11.9 Å². The van der Waals surface area contributed by atoms with E-state index in [1.165, 1.54) is 0 Å². The van der Waals surface area contributed by atoms with Crippen molar-refractivity contribution in [2.24, 2.45) is 11.8 Å². The summed E-state index contributed by atoms with van der Waals surface area (Å²) in [5.41, 5.74) is 0.691. The van der Waals surface area contributed by atoms with E-state index in [1.54, 1.807) is 6.20 Å². The number of nitrogens with zero attached hydrogens (tertiary/aromatic N) is 2. The van der Waals surface area contributed by atoms with E-state index < -0.39 is 0 Å². The van der Waals surface area contributed by atoms with Gasteiger partial charge in [0.25, 0.3) is 0 Å². The molecule has 2 rings (SSSR count). The van der Waals surface area contributed by atoms with Crippen molar-refractivity contribution >= 4 is 17.5 Å². The third-order valence-electron chi connectivity index (χ3n) is 3.07. The van der Waals surface area contributed by atoms with Crippen LogP contribution in [0.1, 0.15) is 26.7 Å². The van der Waals surface area contributed by atoms with Crippen LogP contribution in [-0.2, 0) is 16.1 Å². The van der Waals surface area contributed by atoms with Gasteiger partial charge in [0.1, 0.15) is 0 Å². The standard InChI is InChI=1S/C13H20N4O2/c1-9(2)7-17-8-11(6-15-17)16-13(19)10-3-4-14-12(18)5-10/h6,8-10H,3-5,7H2,1-2H3,(H,14,18)(H,16,19). The van der Waals surface area contributed by atoms with Crippen LogP contribution in [0.25, 0.3) is 0 Å². The molecule has 2 N–H and O–H groups in total. The summed E-state index contributed by atoms with van der Waals surface area (Å²) in [7, 11) is 0. The number of anilines is 1. The molecule has 0 aromatic carbocycles. The molecule has 1 fully saturated rings. The summed E-state index contributed by atoms with van der Waals surface area (Å²) in [6, 6.07) is 0. The Morgan fingerprint density at radius 1 is 1.63 bits per heavy atom. The Bertz CT molecular complexity index is 467. The molecule has 1 aromatic rings. The van der Waals surface area contributed by atoms with Crippen molar-refractivity contribution in [3.8, 4) is 0 Å². The molecule has 0 radical (unpaired) electrons. The van der Waals surface area contributed by atoms with Crippen LogP contribution in [0.15, 0.2) is 12.4 Å². The van der Waals surface area contributed by atoms with Crippen molar-refractivity contribution in [2.45, 2.75) is 33.2 Å². The monoisotopic (exact) mass is 264 g/mol. The van der Waals surface area contributed by atoms with Crippen LogP contribution in [0.2, 0.25) is 0 Å². The van der Waals surface area contributed by atoms with Gasteiger partial charge >= 0.3 is 0 Å². The van der Waals surface area contributed by atoms with Crippen LogP contribution >= 0.6 is 0 Å². The van der Waals surface area contributed by atoms with Gasteiger partial charge in [-0.05, 0) is 12.3 Å². The number of nitrogens with one attached hydrogen (secondary N) is 2. The molecule has 0 spiro atoms. The van der Waals surface area contributed by atoms with Crippen molar-refractivity contribution in [3.63, 3.8) is 0 Å². The highest BCUT2D eigenvalue weighted by Crippen LogP contribution is 2.16. The van der Waals surface area contributed by atoms with Gasteiger partial charge in [-0.3, -0.25) is 14.3 Å². The van der Waals surface area contributed by atoms with Gasteiger partial charge in [-0.15, -0.1) is 0 Å². The van der Waals surface area contributed by atoms with Crippen molar-refractivity contribution in [1.82, 2.24) is 15.1 Å². The summed E-state index contributed by atoms with van der Waals surface area (Å²) in [6.07, 6.45) is 4.42. The van der Waals surface area contributed by atoms with Crippen LogP contribution in [0.3, 0.4) is 0 Å². The van der Waals surface area contributed by atoms with Crippen molar-refractivity contribution in [1.29, 1.82) is 0 Å². The average Bonchev–Trinajstić information content (AvgIpc) is 2.75. The number of rotatable bonds is 4. The zero-order valence-electron chi connectivity index (χ0n) is 11.3. The molecule has 1 aliphatic rings. The zero-order chi connectivity index (χ0) is 13.8. The Hall–Kier alpha value is -1.85. The highest BCUT2D eigenvalue weighted by molar-refractivity contribution is 5.95. The molecule has 2 heterocycles. The van der Waals surface area contributed by atoms with E-state index in [1.807, 2.05) is 10.9 Å². The third kappa shape index (κ3) is 3.81. The second-order valence-electron chi connectivity index (χ2n) is 5.37. The number of hydrogen-bond donors (Lipinski definition) is 2. The minimum Gasteiger partial charge on any atom is -0.356 e. The van der Waals surface area contributed by atoms with E-state index in [9.17, 15) is 9.59 Å². The zero-order valence-corrected chi connectivity index (χ0v) is 11.3. The summed E-state index contributed by atoms with van der Waals surface area (Å²) in [5.74, 6) is 0.119. The lowest BCUT2D eigenvalue weighted by Gasteiger charge is -2.20. The van der Waals surface area contributed by atoms with Crippen molar-refractivity contribution in [2.75, 3.05) is 11.9 Å². The molecule has 0 saturated carbocycles. The predicted octanol–water partition coefficient (Wildman–Crippen LogP) is 1.00. The molecule has 1 unspecified atom stereocenters. The minimum atomic E-state index is -0.234. The lowest BCUT2D eigenvalue weighted by Crippen LogP contribution is -2.38. The summed E-state index contributed by atoms with van der Waals surface area (Å²) in [6.45, 7) is 5.62. The van der Waals surface area contributed by atoms with Crippen LogP contribution in [0.5, 0.6) is 0 Å². The highest BCUT2D eigenvalue weighted by atomic mass is 16.2. The first-order chi connectivity index (χ1) is 9.04. The fourth-order valence-electron chi connectivity index (χ4n) is 2.15. The van der Waals surface area contributed by atoms with Crippen molar-refractivity contribution < 1.29 is 9.59 Å². The molecule has 19 heavy (non-hydrogen) atoms. The van der Waals surface area contributed by atoms with E-state index in [4.69, 9.17) is 0 Å². The fourth-order valence-corrected chi connectivity index (χ4v) is 2.15. The molecule has 1 aliphatic heterocycles. The Balaban J connectivity index is 1.91. The molecule has 2 amide bonds. The SMILES string of the molecule is CC(C)Cn1cc(NC(=O)C2CCNC(=O)C2)cn1. The van der Waals surface area contributed by atoms with E-state index in [0.717, 1.165) is 6.54 Å². The first-order valence-corrected chi connectivity index (χ1v) is 6.64. The lowest BCUT2D eigenvalue weighted by molar-refractivity contribution is -0.129. The van der Waals surface area contributed by atoms with Crippen molar-refractivity contribution in [3.05, 3.63) is 12.4 Å². The van der Waals surface area contributed by atoms with Gasteiger partial charge in [-0.1, -0.05) is 13.8 Å². The van der Waals surface area contributed by atoms with Gasteiger partial charge < -0.3 is 10.6 Å². The topological polar surface area (TPSA) is 76.0 Å². The summed E-state index contributed by atoms with van der Waals surface area (Å²) in [4.78, 5) is 23.3. The molecule has 104 valence electrons. The first-order valence-electron chi connectivity index (χ1n) is 6.64. The Morgan fingerprint density at radius 3 is 3.11 bits per heavy atom. The average molecular weight is 264 g/mol. The largest absolute Gasteiger partial charge is 0.356 e. The smallest absolute Gasteiger partial charge is 0.228 e. The minimum absolute atomic E-state index is 0.0538. The number of amides is 2. The van der Waals surface area contributed by atoms with Gasteiger partial charge in [0.2, 0.25) is 11.8 Å². The number of carbonyl (C=O) groups is 2. The Morgan fingerprint density at radius 2 is 2.42 bits per heavy atom. The van der Waals surface area contributed by atoms with E-state index >= 15 is 0 Å². The normalized spacial score (nSPS) is 19.3. The fraction of sp³-hybridized carbons (Fsp3) is 0.615. The molecule has 6 heteroatoms. The van der Waals surface area contributed by atoms with Gasteiger partial charge in [-0.25, -0.2) is 0 Å². The number of piperidine rings is 1. The van der Waals surface area contributed by atoms with Gasteiger partial charge in [0, 0.05) is 31.6 Å². The molecule has 1 atom stereocenters. The van der Waals surface area contributed by atoms with Crippen LogP contribution in [-0.4, -0.2) is 28.1 Å². The van der Waals surface area contributed by atoms with Gasteiger partial charge in [0.15, 0.2) is 0 Å². The lowest BCUT2D eigenvalue weighted by atomic mass is 9.97. The summed E-state index contributed by atoms with van der Waals surface area (Å²) in [5, 5.41) is 9.74. The van der Waals surface area contributed by atoms with Gasteiger partial charge in [-0.2, -0.15) is 5.10 Å². The summed E-state index contributed by atoms with van der Waals surface area (Å²) >= 11 is 0. The maximum atomic E-state index is 12.0. The summed E-state index contributed by atoms with van der Waals surface area (Å²) < 4.78 is 1.81. The maximum absolute atomic E-state index is 12.0. The first kappa shape index (κ1) is 13.6. The van der Waals surface area contributed by atoms with E-state index in [2.05, 4.69) is 29.6 Å². The quantitative estimate of drug-likeness (QED) is 0.852. The van der Waals surface area contributed by atoms with Crippen LogP contribution in [0, 0.1) is 11.8 Å². The van der Waals surface area contributed by atoms with Crippen LogP contribution < -0.4 is 10.6 Å². The molecule has 0 aliphatic carbocycles. The number of aromatic nitrogens is 2. The Kier molecular flexibility index (Phi) is 4.19. The number of hydrogen-bond acceptors (Lipinski definition) is 3. The second kappa shape index (κ2) is 5.86. The second-order valence-corrected chi connectivity index (χ2v) is 5.37. The Labute approximate surface area is 112 Å². The van der Waals surface area contributed by atoms with E-state index in [0.29, 0.717) is 24.6 Å². The number of carbonyl (C=O) groups excluding carboxylic acids is 2. The molecule has 1 saturated heterocycles. The molecule has 1 aromatic heterocycles. The molecular weight excluding hydrogens is 244 g/mol. The highest BCUT2D eigenvalue weighted by Gasteiger charge is 2.25. The van der Waals surface area contributed by atoms with Crippen LogP contribution in [0.4, 0.5) is 5.69 Å². The van der Waals surface area contributed by atoms with E-state index in [-0.39, 0.29) is 24.2 Å². The molecule has 0 bridgehead atoms. The maximum Gasteiger partial charge on any atom is 0.228 e. The molecular formula is C13H20N4O2. The predicted molar refractivity (Wildman–Crippen MR) is 71.4 cm³/mol. The third-order valence-corrected chi connectivity index (χ3v) is 3.07. The molecule has 6 nitrogen and oxygen atoms in total.